The number of ether oxygens (including phenoxy) is 1. The molecule has 0 radical (unpaired) electrons. The highest BCUT2D eigenvalue weighted by Gasteiger charge is 2.45. The summed E-state index contributed by atoms with van der Waals surface area (Å²) in [5.41, 5.74) is -0.812. The maximum absolute atomic E-state index is 15.2. The fourth-order valence-corrected chi connectivity index (χ4v) is 8.55. The van der Waals surface area contributed by atoms with Gasteiger partial charge in [0.15, 0.2) is 0 Å². The predicted molar refractivity (Wildman–Crippen MR) is 163 cm³/mol. The maximum Gasteiger partial charge on any atom is 0.400 e. The molecule has 0 atom stereocenters. The highest BCUT2D eigenvalue weighted by molar-refractivity contribution is 5.65. The van der Waals surface area contributed by atoms with Crippen LogP contribution in [-0.4, -0.2) is 6.11 Å². The molecule has 1 nitrogen and oxygen atoms in total. The van der Waals surface area contributed by atoms with Crippen molar-refractivity contribution in [3.05, 3.63) is 53.6 Å². The number of hydrogen-bond acceptors (Lipinski definition) is 1. The first-order chi connectivity index (χ1) is 21.1. The van der Waals surface area contributed by atoms with E-state index < -0.39 is 35.6 Å². The van der Waals surface area contributed by atoms with Crippen LogP contribution in [-0.2, 0) is 0 Å². The second-order valence-electron chi connectivity index (χ2n) is 13.9. The van der Waals surface area contributed by atoms with Crippen LogP contribution in [0.15, 0.2) is 36.4 Å². The van der Waals surface area contributed by atoms with Crippen molar-refractivity contribution in [1.29, 1.82) is 0 Å². The summed E-state index contributed by atoms with van der Waals surface area (Å²) in [6.45, 7) is 2.27. The predicted octanol–water partition coefficient (Wildman–Crippen LogP) is 12.5. The Morgan fingerprint density at radius 2 is 1.27 bits per heavy atom. The zero-order valence-electron chi connectivity index (χ0n) is 26.0. The molecule has 0 heterocycles. The monoisotopic (exact) mass is 622 g/mol. The van der Waals surface area contributed by atoms with E-state index in [1.54, 1.807) is 0 Å². The van der Waals surface area contributed by atoms with Crippen LogP contribution in [0, 0.1) is 47.1 Å². The van der Waals surface area contributed by atoms with Crippen LogP contribution in [0.2, 0.25) is 0 Å². The minimum Gasteiger partial charge on any atom is -0.432 e. The van der Waals surface area contributed by atoms with Gasteiger partial charge in [-0.1, -0.05) is 51.5 Å². The second kappa shape index (κ2) is 14.9. The third kappa shape index (κ3) is 8.15. The maximum atomic E-state index is 15.2. The molecule has 244 valence electrons. The first-order valence-electron chi connectivity index (χ1n) is 17.1. The lowest BCUT2D eigenvalue weighted by Gasteiger charge is -2.42. The van der Waals surface area contributed by atoms with E-state index in [0.29, 0.717) is 24.7 Å². The van der Waals surface area contributed by atoms with E-state index >= 15 is 8.78 Å². The minimum atomic E-state index is -3.43. The van der Waals surface area contributed by atoms with Gasteiger partial charge in [0.05, 0.1) is 11.5 Å². The van der Waals surface area contributed by atoms with E-state index in [9.17, 15) is 17.6 Å². The van der Waals surface area contributed by atoms with Gasteiger partial charge in [-0.3, -0.25) is 0 Å². The molecule has 3 fully saturated rings. The lowest BCUT2D eigenvalue weighted by molar-refractivity contribution is -0.224. The summed E-state index contributed by atoms with van der Waals surface area (Å²) in [4.78, 5) is 0. The Bertz CT molecular complexity index is 1190. The third-order valence-electron chi connectivity index (χ3n) is 11.2. The van der Waals surface area contributed by atoms with Crippen molar-refractivity contribution in [2.75, 3.05) is 0 Å². The first-order valence-corrected chi connectivity index (χ1v) is 17.1. The van der Waals surface area contributed by atoms with Gasteiger partial charge in [0.1, 0.15) is 17.4 Å². The van der Waals surface area contributed by atoms with E-state index in [1.165, 1.54) is 95.2 Å². The van der Waals surface area contributed by atoms with E-state index in [4.69, 9.17) is 4.74 Å². The minimum absolute atomic E-state index is 0.0419. The zero-order valence-corrected chi connectivity index (χ0v) is 26.0. The van der Waals surface area contributed by atoms with Crippen LogP contribution in [0.25, 0.3) is 11.1 Å². The van der Waals surface area contributed by atoms with Gasteiger partial charge in [0, 0.05) is 11.6 Å². The van der Waals surface area contributed by atoms with Gasteiger partial charge < -0.3 is 4.74 Å². The molecule has 0 spiro atoms. The van der Waals surface area contributed by atoms with E-state index in [-0.39, 0.29) is 16.9 Å². The number of alkyl halides is 4. The Morgan fingerprint density at radius 1 is 0.705 bits per heavy atom. The molecule has 0 unspecified atom stereocenters. The quantitative estimate of drug-likeness (QED) is 0.179. The van der Waals surface area contributed by atoms with Gasteiger partial charge in [0.2, 0.25) is 0 Å². The average molecular weight is 623 g/mol. The normalized spacial score (nSPS) is 28.3. The summed E-state index contributed by atoms with van der Waals surface area (Å²) >= 11 is 0. The molecule has 0 bridgehead atoms. The van der Waals surface area contributed by atoms with Gasteiger partial charge in [-0.2, -0.15) is 8.78 Å². The van der Waals surface area contributed by atoms with Crippen molar-refractivity contribution in [2.24, 2.45) is 35.5 Å². The van der Waals surface area contributed by atoms with Crippen molar-refractivity contribution in [2.45, 2.75) is 122 Å². The molecular formula is C37H48F6O. The molecule has 44 heavy (non-hydrogen) atoms. The van der Waals surface area contributed by atoms with Crippen molar-refractivity contribution < 1.29 is 31.1 Å². The molecule has 7 heteroatoms. The van der Waals surface area contributed by atoms with Gasteiger partial charge in [0.25, 0.3) is 6.43 Å². The summed E-state index contributed by atoms with van der Waals surface area (Å²) in [7, 11) is 0. The molecule has 0 amide bonds. The molecule has 0 saturated heterocycles. The van der Waals surface area contributed by atoms with Crippen LogP contribution in [0.4, 0.5) is 26.3 Å². The second-order valence-corrected chi connectivity index (χ2v) is 13.9. The number of rotatable bonds is 11. The first kappa shape index (κ1) is 33.2. The summed E-state index contributed by atoms with van der Waals surface area (Å²) in [6.07, 6.45) is 12.0. The Morgan fingerprint density at radius 3 is 1.80 bits per heavy atom. The van der Waals surface area contributed by atoms with E-state index in [2.05, 4.69) is 6.92 Å². The number of halogens is 6. The van der Waals surface area contributed by atoms with Gasteiger partial charge >= 0.3 is 6.11 Å². The highest BCUT2D eigenvalue weighted by Crippen LogP contribution is 2.48. The van der Waals surface area contributed by atoms with Crippen LogP contribution in [0.5, 0.6) is 5.75 Å². The zero-order chi connectivity index (χ0) is 31.3. The van der Waals surface area contributed by atoms with Crippen molar-refractivity contribution in [3.63, 3.8) is 0 Å². The van der Waals surface area contributed by atoms with Crippen molar-refractivity contribution in [3.8, 4) is 16.9 Å². The largest absolute Gasteiger partial charge is 0.432 e. The fraction of sp³-hybridized carbons (Fsp3) is 0.676. The molecule has 2 aromatic rings. The Kier molecular flexibility index (Phi) is 11.3. The van der Waals surface area contributed by atoms with Crippen LogP contribution in [0.1, 0.15) is 122 Å². The Labute approximate surface area is 259 Å². The third-order valence-corrected chi connectivity index (χ3v) is 11.2. The van der Waals surface area contributed by atoms with E-state index in [0.717, 1.165) is 48.8 Å². The lowest BCUT2D eigenvalue weighted by atomic mass is 9.65. The topological polar surface area (TPSA) is 9.23 Å². The van der Waals surface area contributed by atoms with Crippen molar-refractivity contribution >= 4 is 0 Å². The number of benzene rings is 2. The molecular weight excluding hydrogens is 574 g/mol. The summed E-state index contributed by atoms with van der Waals surface area (Å²) < 4.78 is 89.9. The van der Waals surface area contributed by atoms with Gasteiger partial charge in [-0.05, 0) is 124 Å². The van der Waals surface area contributed by atoms with E-state index in [1.807, 2.05) is 0 Å². The average Bonchev–Trinajstić information content (AvgIpc) is 3.01. The molecule has 2 aromatic carbocycles. The molecule has 0 aromatic heterocycles. The highest BCUT2D eigenvalue weighted by atomic mass is 19.3. The molecule has 0 N–H and O–H groups in total. The van der Waals surface area contributed by atoms with Crippen LogP contribution >= 0.6 is 0 Å². The molecule has 3 saturated carbocycles. The molecule has 5 rings (SSSR count). The van der Waals surface area contributed by atoms with Crippen LogP contribution < -0.4 is 4.74 Å². The number of hydrogen-bond donors (Lipinski definition) is 0. The standard InChI is InChI=1S/C37H48F6O/c1-2-3-4-5-24-6-8-25(9-7-24)26-10-12-27(13-11-26)28-14-17-30(18-15-28)37(42,43)44-31-19-21-32(35(39)23-31)29-16-20-33(36(40)41)34(38)22-29/h16,19-28,30,36H,2-15,17-18H2,1H3. The molecule has 3 aliphatic rings. The summed E-state index contributed by atoms with van der Waals surface area (Å²) in [5.74, 6) is 0.521. The Hall–Kier alpha value is -2.18. The smallest absolute Gasteiger partial charge is 0.400 e. The molecule has 0 aliphatic heterocycles. The Balaban J connectivity index is 1.07. The van der Waals surface area contributed by atoms with Crippen molar-refractivity contribution in [1.82, 2.24) is 0 Å². The molecule has 3 aliphatic carbocycles. The SMILES string of the molecule is CCCCCC1CCC(C2CCC(C3CCC(C(F)(F)Oc4ccc(-c5ccc(C(F)F)c(F)c5)c(F)c4)CC3)CC2)CC1. The van der Waals surface area contributed by atoms with Gasteiger partial charge in [-0.15, -0.1) is 0 Å². The summed E-state index contributed by atoms with van der Waals surface area (Å²) in [6, 6.07) is 6.18. The summed E-state index contributed by atoms with van der Waals surface area (Å²) in [5, 5.41) is 0. The van der Waals surface area contributed by atoms with Crippen LogP contribution in [0.3, 0.4) is 0 Å². The van der Waals surface area contributed by atoms with Gasteiger partial charge in [-0.25, -0.2) is 17.6 Å². The number of unbranched alkanes of at least 4 members (excludes halogenated alkanes) is 2. The lowest BCUT2D eigenvalue weighted by Crippen LogP contribution is -2.38. The fourth-order valence-electron chi connectivity index (χ4n) is 8.55.